The normalized spacial score (nSPS) is 13.9. The zero-order valence-electron chi connectivity index (χ0n) is 16.8. The van der Waals surface area contributed by atoms with E-state index in [2.05, 4.69) is 10.4 Å². The summed E-state index contributed by atoms with van der Waals surface area (Å²) in [7, 11) is 1.72. The van der Waals surface area contributed by atoms with Crippen molar-refractivity contribution in [1.82, 2.24) is 19.8 Å². The molecule has 1 aliphatic rings. The van der Waals surface area contributed by atoms with Crippen LogP contribution in [0.15, 0.2) is 24.3 Å². The molecule has 1 saturated heterocycles. The van der Waals surface area contributed by atoms with E-state index in [1.54, 1.807) is 38.2 Å². The summed E-state index contributed by atoms with van der Waals surface area (Å²) < 4.78 is 1.52. The number of benzene rings is 1. The van der Waals surface area contributed by atoms with Crippen LogP contribution in [0.25, 0.3) is 6.08 Å². The number of hydrogen-bond donors (Lipinski definition) is 1. The van der Waals surface area contributed by atoms with E-state index in [0.717, 1.165) is 0 Å². The van der Waals surface area contributed by atoms with Crippen molar-refractivity contribution in [2.24, 2.45) is 7.05 Å². The SMILES string of the molecule is CC(=O)Nc1cccc(C(=O)N2CCCN2C(=O)C=Cc2c(C)nn(C)c2Cl)c1Cl. The fraction of sp³-hybridized carbons (Fsp3) is 0.300. The number of aromatic nitrogens is 2. The first kappa shape index (κ1) is 21.9. The van der Waals surface area contributed by atoms with Gasteiger partial charge in [-0.15, -0.1) is 0 Å². The zero-order chi connectivity index (χ0) is 22.0. The first-order valence-corrected chi connectivity index (χ1v) is 10.0. The van der Waals surface area contributed by atoms with Crippen LogP contribution in [0, 0.1) is 6.92 Å². The van der Waals surface area contributed by atoms with Gasteiger partial charge in [0.05, 0.1) is 22.0 Å². The van der Waals surface area contributed by atoms with Crippen molar-refractivity contribution in [2.75, 3.05) is 18.4 Å². The molecule has 0 radical (unpaired) electrons. The molecule has 1 N–H and O–H groups in total. The van der Waals surface area contributed by atoms with E-state index in [-0.39, 0.29) is 22.4 Å². The maximum atomic E-state index is 13.1. The van der Waals surface area contributed by atoms with Gasteiger partial charge in [-0.2, -0.15) is 5.10 Å². The maximum absolute atomic E-state index is 13.1. The highest BCUT2D eigenvalue weighted by molar-refractivity contribution is 6.36. The number of carbonyl (C=O) groups is 3. The number of nitrogens with zero attached hydrogens (tertiary/aromatic N) is 4. The molecule has 0 spiro atoms. The molecule has 30 heavy (non-hydrogen) atoms. The number of amides is 3. The number of nitrogens with one attached hydrogen (secondary N) is 1. The minimum absolute atomic E-state index is 0.130. The van der Waals surface area contributed by atoms with Crippen molar-refractivity contribution in [2.45, 2.75) is 20.3 Å². The molecule has 8 nitrogen and oxygen atoms in total. The molecule has 2 heterocycles. The molecule has 1 aliphatic heterocycles. The molecular weight excluding hydrogens is 429 g/mol. The highest BCUT2D eigenvalue weighted by Gasteiger charge is 2.31. The second-order valence-corrected chi connectivity index (χ2v) is 7.57. The molecule has 158 valence electrons. The highest BCUT2D eigenvalue weighted by atomic mass is 35.5. The summed E-state index contributed by atoms with van der Waals surface area (Å²) >= 11 is 12.5. The van der Waals surface area contributed by atoms with E-state index in [1.165, 1.54) is 27.7 Å². The van der Waals surface area contributed by atoms with E-state index in [4.69, 9.17) is 23.2 Å². The van der Waals surface area contributed by atoms with Gasteiger partial charge in [0.2, 0.25) is 5.91 Å². The van der Waals surface area contributed by atoms with Gasteiger partial charge in [-0.3, -0.25) is 19.1 Å². The van der Waals surface area contributed by atoms with Gasteiger partial charge in [0, 0.05) is 38.7 Å². The lowest BCUT2D eigenvalue weighted by atomic mass is 10.1. The molecule has 0 unspecified atom stereocenters. The molecule has 0 bridgehead atoms. The van der Waals surface area contributed by atoms with Gasteiger partial charge >= 0.3 is 0 Å². The molecule has 3 rings (SSSR count). The summed E-state index contributed by atoms with van der Waals surface area (Å²) in [5.74, 6) is -1.06. The van der Waals surface area contributed by atoms with Crippen molar-refractivity contribution in [3.05, 3.63) is 51.3 Å². The number of hydrogen-bond acceptors (Lipinski definition) is 4. The Morgan fingerprint density at radius 1 is 1.17 bits per heavy atom. The van der Waals surface area contributed by atoms with Crippen LogP contribution in [-0.4, -0.2) is 50.6 Å². The Bertz CT molecular complexity index is 1050. The van der Waals surface area contributed by atoms with Crippen molar-refractivity contribution in [3.63, 3.8) is 0 Å². The molecule has 3 amide bonds. The summed E-state index contributed by atoms with van der Waals surface area (Å²) in [6, 6.07) is 4.79. The molecule has 1 aromatic heterocycles. The number of halogens is 2. The van der Waals surface area contributed by atoms with Crippen LogP contribution < -0.4 is 5.32 Å². The smallest absolute Gasteiger partial charge is 0.274 e. The lowest BCUT2D eigenvalue weighted by Gasteiger charge is -2.27. The first-order valence-electron chi connectivity index (χ1n) is 9.27. The summed E-state index contributed by atoms with van der Waals surface area (Å²) in [4.78, 5) is 37.2. The number of anilines is 1. The molecule has 0 atom stereocenters. The Balaban J connectivity index is 1.82. The summed E-state index contributed by atoms with van der Waals surface area (Å²) in [6.07, 6.45) is 3.61. The predicted octanol–water partition coefficient (Wildman–Crippen LogP) is 3.30. The standard InChI is InChI=1S/C20H21Cl2N5O3/c1-12-14(19(22)25(3)24-12)8-9-17(29)26-10-5-11-27(26)20(30)15-6-4-7-16(18(15)21)23-13(2)28/h4,6-9H,5,10-11H2,1-3H3,(H,23,28). The average molecular weight is 450 g/mol. The second kappa shape index (κ2) is 8.89. The van der Waals surface area contributed by atoms with Crippen molar-refractivity contribution < 1.29 is 14.4 Å². The van der Waals surface area contributed by atoms with Gasteiger partial charge in [0.15, 0.2) is 0 Å². The fourth-order valence-corrected chi connectivity index (χ4v) is 3.74. The van der Waals surface area contributed by atoms with Crippen LogP contribution in [0.2, 0.25) is 10.2 Å². The van der Waals surface area contributed by atoms with E-state index < -0.39 is 5.91 Å². The first-order chi connectivity index (χ1) is 14.2. The highest BCUT2D eigenvalue weighted by Crippen LogP contribution is 2.28. The lowest BCUT2D eigenvalue weighted by molar-refractivity contribution is -0.134. The van der Waals surface area contributed by atoms with E-state index in [1.807, 2.05) is 0 Å². The summed E-state index contributed by atoms with van der Waals surface area (Å²) in [6.45, 7) is 3.93. The third-order valence-corrected chi connectivity index (χ3v) is 5.50. The monoisotopic (exact) mass is 449 g/mol. The number of hydrazine groups is 1. The third kappa shape index (κ3) is 4.34. The van der Waals surface area contributed by atoms with Crippen LogP contribution in [0.1, 0.15) is 35.0 Å². The molecule has 1 aromatic carbocycles. The minimum Gasteiger partial charge on any atom is -0.325 e. The van der Waals surface area contributed by atoms with Gasteiger partial charge in [0.1, 0.15) is 5.15 Å². The van der Waals surface area contributed by atoms with Crippen LogP contribution in [-0.2, 0) is 16.6 Å². The Hall–Kier alpha value is -2.84. The van der Waals surface area contributed by atoms with Gasteiger partial charge in [-0.1, -0.05) is 29.3 Å². The largest absolute Gasteiger partial charge is 0.325 e. The average Bonchev–Trinajstić information content (AvgIpc) is 3.26. The van der Waals surface area contributed by atoms with Crippen LogP contribution in [0.3, 0.4) is 0 Å². The quantitative estimate of drug-likeness (QED) is 0.725. The zero-order valence-corrected chi connectivity index (χ0v) is 18.3. The van der Waals surface area contributed by atoms with E-state index in [0.29, 0.717) is 41.6 Å². The second-order valence-electron chi connectivity index (χ2n) is 6.84. The Labute approximate surface area is 184 Å². The molecule has 2 aromatic rings. The van der Waals surface area contributed by atoms with Crippen LogP contribution >= 0.6 is 23.2 Å². The fourth-order valence-electron chi connectivity index (χ4n) is 3.25. The predicted molar refractivity (Wildman–Crippen MR) is 115 cm³/mol. The van der Waals surface area contributed by atoms with Crippen LogP contribution in [0.4, 0.5) is 5.69 Å². The maximum Gasteiger partial charge on any atom is 0.274 e. The topological polar surface area (TPSA) is 87.5 Å². The molecule has 1 fully saturated rings. The van der Waals surface area contributed by atoms with Crippen molar-refractivity contribution in [1.29, 1.82) is 0 Å². The van der Waals surface area contributed by atoms with Gasteiger partial charge in [0.25, 0.3) is 11.8 Å². The van der Waals surface area contributed by atoms with Crippen LogP contribution in [0.5, 0.6) is 0 Å². The van der Waals surface area contributed by atoms with Crippen molar-refractivity contribution in [3.8, 4) is 0 Å². The Kier molecular flexibility index (Phi) is 6.48. The molecular formula is C20H21Cl2N5O3. The third-order valence-electron chi connectivity index (χ3n) is 4.65. The van der Waals surface area contributed by atoms with E-state index >= 15 is 0 Å². The molecule has 0 aliphatic carbocycles. The van der Waals surface area contributed by atoms with Gasteiger partial charge < -0.3 is 5.32 Å². The summed E-state index contributed by atoms with van der Waals surface area (Å²) in [5.41, 5.74) is 1.89. The Morgan fingerprint density at radius 3 is 2.50 bits per heavy atom. The Morgan fingerprint density at radius 2 is 1.87 bits per heavy atom. The number of carbonyl (C=O) groups excluding carboxylic acids is 3. The molecule has 0 saturated carbocycles. The van der Waals surface area contributed by atoms with Crippen molar-refractivity contribution >= 4 is 52.7 Å². The molecule has 10 heteroatoms. The van der Waals surface area contributed by atoms with Gasteiger partial charge in [-0.25, -0.2) is 10.0 Å². The summed E-state index contributed by atoms with van der Waals surface area (Å²) in [5, 5.41) is 10.1. The number of rotatable bonds is 4. The number of aryl methyl sites for hydroxylation is 2. The van der Waals surface area contributed by atoms with Gasteiger partial charge in [-0.05, 0) is 31.6 Å². The van der Waals surface area contributed by atoms with E-state index in [9.17, 15) is 14.4 Å². The minimum atomic E-state index is -0.415. The lowest BCUT2D eigenvalue weighted by Crippen LogP contribution is -2.44.